The van der Waals surface area contributed by atoms with Crippen molar-refractivity contribution < 1.29 is 9.53 Å². The molecule has 4 aromatic rings. The number of aromatic nitrogens is 4. The van der Waals surface area contributed by atoms with Gasteiger partial charge in [0.05, 0.1) is 24.2 Å². The zero-order chi connectivity index (χ0) is 21.1. The Morgan fingerprint density at radius 1 is 1.03 bits per heavy atom. The number of benzene rings is 2. The summed E-state index contributed by atoms with van der Waals surface area (Å²) in [7, 11) is 1.58. The third-order valence-corrected chi connectivity index (χ3v) is 5.46. The van der Waals surface area contributed by atoms with E-state index in [0.29, 0.717) is 22.2 Å². The summed E-state index contributed by atoms with van der Waals surface area (Å²) < 4.78 is 6.98. The SMILES string of the molecule is COc1ccc(C)cc1NC(=O)CSc1nnc2ccc(-c3ccc(C)cc3)nn12. The van der Waals surface area contributed by atoms with Crippen LogP contribution in [-0.2, 0) is 4.79 Å². The topological polar surface area (TPSA) is 81.4 Å². The van der Waals surface area contributed by atoms with Crippen molar-refractivity contribution in [2.45, 2.75) is 19.0 Å². The van der Waals surface area contributed by atoms with Gasteiger partial charge in [-0.1, -0.05) is 47.7 Å². The van der Waals surface area contributed by atoms with E-state index in [2.05, 4.69) is 20.6 Å². The van der Waals surface area contributed by atoms with Gasteiger partial charge in [-0.3, -0.25) is 4.79 Å². The maximum absolute atomic E-state index is 12.5. The smallest absolute Gasteiger partial charge is 0.234 e. The zero-order valence-corrected chi connectivity index (χ0v) is 17.7. The van der Waals surface area contributed by atoms with Gasteiger partial charge in [-0.15, -0.1) is 10.2 Å². The predicted molar refractivity (Wildman–Crippen MR) is 118 cm³/mol. The molecule has 7 nitrogen and oxygen atoms in total. The molecule has 0 aliphatic heterocycles. The first kappa shape index (κ1) is 19.9. The normalized spacial score (nSPS) is 10.9. The van der Waals surface area contributed by atoms with Crippen LogP contribution in [0.4, 0.5) is 5.69 Å². The number of thioether (sulfide) groups is 1. The van der Waals surface area contributed by atoms with Crippen LogP contribution in [-0.4, -0.2) is 38.6 Å². The van der Waals surface area contributed by atoms with Gasteiger partial charge in [0.1, 0.15) is 5.75 Å². The Kier molecular flexibility index (Phi) is 5.67. The number of fused-ring (bicyclic) bond motifs is 1. The fraction of sp³-hybridized carbons (Fsp3) is 0.182. The highest BCUT2D eigenvalue weighted by Crippen LogP contribution is 2.26. The third-order valence-electron chi connectivity index (χ3n) is 4.54. The molecule has 8 heteroatoms. The van der Waals surface area contributed by atoms with Crippen LogP contribution in [0, 0.1) is 13.8 Å². The Morgan fingerprint density at radius 3 is 2.57 bits per heavy atom. The molecule has 2 aromatic carbocycles. The molecule has 2 aromatic heterocycles. The van der Waals surface area contributed by atoms with Crippen LogP contribution in [0.3, 0.4) is 0 Å². The maximum Gasteiger partial charge on any atom is 0.234 e. The van der Waals surface area contributed by atoms with Crippen molar-refractivity contribution in [3.8, 4) is 17.0 Å². The summed E-state index contributed by atoms with van der Waals surface area (Å²) in [5.74, 6) is 0.639. The van der Waals surface area contributed by atoms with Gasteiger partial charge in [-0.05, 0) is 43.7 Å². The largest absolute Gasteiger partial charge is 0.495 e. The Bertz CT molecular complexity index is 1200. The number of methoxy groups -OCH3 is 1. The lowest BCUT2D eigenvalue weighted by Gasteiger charge is -2.10. The summed E-state index contributed by atoms with van der Waals surface area (Å²) in [6.07, 6.45) is 0. The highest BCUT2D eigenvalue weighted by molar-refractivity contribution is 7.99. The molecule has 0 aliphatic rings. The fourth-order valence-electron chi connectivity index (χ4n) is 2.97. The monoisotopic (exact) mass is 419 g/mol. The lowest BCUT2D eigenvalue weighted by Crippen LogP contribution is -2.15. The molecule has 1 amide bonds. The van der Waals surface area contributed by atoms with Crippen LogP contribution in [0.25, 0.3) is 16.9 Å². The molecule has 1 N–H and O–H groups in total. The molecule has 0 unspecified atom stereocenters. The van der Waals surface area contributed by atoms with E-state index in [0.717, 1.165) is 16.8 Å². The highest BCUT2D eigenvalue weighted by atomic mass is 32.2. The van der Waals surface area contributed by atoms with Crippen molar-refractivity contribution in [1.82, 2.24) is 19.8 Å². The van der Waals surface area contributed by atoms with Crippen LogP contribution < -0.4 is 10.1 Å². The van der Waals surface area contributed by atoms with Gasteiger partial charge in [-0.2, -0.15) is 9.61 Å². The van der Waals surface area contributed by atoms with Gasteiger partial charge >= 0.3 is 0 Å². The van der Waals surface area contributed by atoms with Gasteiger partial charge in [0.15, 0.2) is 5.65 Å². The quantitative estimate of drug-likeness (QED) is 0.473. The van der Waals surface area contributed by atoms with E-state index >= 15 is 0 Å². The summed E-state index contributed by atoms with van der Waals surface area (Å²) in [5, 5.41) is 16.4. The number of anilines is 1. The predicted octanol–water partition coefficient (Wildman–Crippen LogP) is 4.15. The second-order valence-corrected chi connectivity index (χ2v) is 7.82. The summed E-state index contributed by atoms with van der Waals surface area (Å²) in [5.41, 5.74) is 5.34. The van der Waals surface area contributed by atoms with E-state index in [-0.39, 0.29) is 11.7 Å². The van der Waals surface area contributed by atoms with Gasteiger partial charge < -0.3 is 10.1 Å². The number of amides is 1. The molecule has 0 spiro atoms. The van der Waals surface area contributed by atoms with Crippen LogP contribution >= 0.6 is 11.8 Å². The van der Waals surface area contributed by atoms with E-state index in [1.54, 1.807) is 11.6 Å². The van der Waals surface area contributed by atoms with Crippen molar-refractivity contribution in [1.29, 1.82) is 0 Å². The number of nitrogens with zero attached hydrogens (tertiary/aromatic N) is 4. The number of rotatable bonds is 6. The molecule has 2 heterocycles. The first-order chi connectivity index (χ1) is 14.5. The molecular weight excluding hydrogens is 398 g/mol. The Labute approximate surface area is 178 Å². The summed E-state index contributed by atoms with van der Waals surface area (Å²) in [6, 6.07) is 17.6. The van der Waals surface area contributed by atoms with Crippen molar-refractivity contribution >= 4 is 29.0 Å². The van der Waals surface area contributed by atoms with Crippen LogP contribution in [0.1, 0.15) is 11.1 Å². The number of nitrogens with one attached hydrogen (secondary N) is 1. The van der Waals surface area contributed by atoms with E-state index in [9.17, 15) is 4.79 Å². The van der Waals surface area contributed by atoms with E-state index in [1.807, 2.05) is 68.4 Å². The maximum atomic E-state index is 12.5. The Balaban J connectivity index is 1.50. The molecule has 0 radical (unpaired) electrons. The summed E-state index contributed by atoms with van der Waals surface area (Å²) in [4.78, 5) is 12.5. The molecular formula is C22H21N5O2S. The van der Waals surface area contributed by atoms with E-state index < -0.39 is 0 Å². The van der Waals surface area contributed by atoms with Crippen molar-refractivity contribution in [3.63, 3.8) is 0 Å². The van der Waals surface area contributed by atoms with Gasteiger partial charge in [0, 0.05) is 5.56 Å². The number of ether oxygens (including phenoxy) is 1. The van der Waals surface area contributed by atoms with Crippen molar-refractivity contribution in [2.24, 2.45) is 0 Å². The van der Waals surface area contributed by atoms with Gasteiger partial charge in [0.2, 0.25) is 11.1 Å². The van der Waals surface area contributed by atoms with Crippen LogP contribution in [0.2, 0.25) is 0 Å². The van der Waals surface area contributed by atoms with Gasteiger partial charge in [0.25, 0.3) is 0 Å². The number of aryl methyl sites for hydroxylation is 2. The standard InChI is InChI=1S/C22H21N5O2S/c1-14-4-7-16(8-5-14)17-9-11-20-24-25-22(27(20)26-17)30-13-21(28)23-18-12-15(2)6-10-19(18)29-3/h4-12H,13H2,1-3H3,(H,23,28). The molecule has 0 fully saturated rings. The molecule has 0 saturated heterocycles. The number of carbonyl (C=O) groups is 1. The van der Waals surface area contributed by atoms with E-state index in [1.165, 1.54) is 17.3 Å². The number of hydrogen-bond acceptors (Lipinski definition) is 6. The third kappa shape index (κ3) is 4.28. The van der Waals surface area contributed by atoms with Gasteiger partial charge in [-0.25, -0.2) is 0 Å². The van der Waals surface area contributed by atoms with Crippen LogP contribution in [0.5, 0.6) is 5.75 Å². The lowest BCUT2D eigenvalue weighted by molar-refractivity contribution is -0.113. The Morgan fingerprint density at radius 2 is 1.80 bits per heavy atom. The number of carbonyl (C=O) groups excluding carboxylic acids is 1. The average molecular weight is 420 g/mol. The second kappa shape index (κ2) is 8.54. The average Bonchev–Trinajstić information content (AvgIpc) is 3.15. The van der Waals surface area contributed by atoms with Crippen molar-refractivity contribution in [2.75, 3.05) is 18.2 Å². The summed E-state index contributed by atoms with van der Waals surface area (Å²) >= 11 is 1.28. The molecule has 152 valence electrons. The summed E-state index contributed by atoms with van der Waals surface area (Å²) in [6.45, 7) is 4.01. The lowest BCUT2D eigenvalue weighted by atomic mass is 10.1. The molecule has 0 bridgehead atoms. The number of hydrogen-bond donors (Lipinski definition) is 1. The van der Waals surface area contributed by atoms with Crippen molar-refractivity contribution in [3.05, 3.63) is 65.7 Å². The Hall–Kier alpha value is -3.39. The minimum Gasteiger partial charge on any atom is -0.495 e. The first-order valence-corrected chi connectivity index (χ1v) is 10.4. The fourth-order valence-corrected chi connectivity index (χ4v) is 3.66. The van der Waals surface area contributed by atoms with Crippen LogP contribution in [0.15, 0.2) is 59.8 Å². The molecule has 30 heavy (non-hydrogen) atoms. The molecule has 0 aliphatic carbocycles. The molecule has 0 atom stereocenters. The minimum absolute atomic E-state index is 0.157. The highest BCUT2D eigenvalue weighted by Gasteiger charge is 2.13. The molecule has 0 saturated carbocycles. The zero-order valence-electron chi connectivity index (χ0n) is 16.9. The molecule has 4 rings (SSSR count). The second-order valence-electron chi connectivity index (χ2n) is 6.88. The minimum atomic E-state index is -0.157. The first-order valence-electron chi connectivity index (χ1n) is 9.40. The van der Waals surface area contributed by atoms with E-state index in [4.69, 9.17) is 4.74 Å².